The minimum Gasteiger partial charge on any atom is -0.462 e. The standard InChI is InChI=1S/C10H18O5/c1-8(2)10(13)15-5-3-4-14-7-9(12)6-11/h9,11-12H,1,3-7H2,2H3. The molecule has 0 saturated carbocycles. The summed E-state index contributed by atoms with van der Waals surface area (Å²) in [6, 6.07) is 0. The Bertz CT molecular complexity index is 202. The second kappa shape index (κ2) is 8.40. The van der Waals surface area contributed by atoms with Crippen molar-refractivity contribution in [3.63, 3.8) is 0 Å². The molecule has 0 spiro atoms. The van der Waals surface area contributed by atoms with Gasteiger partial charge in [-0.25, -0.2) is 4.79 Å². The average Bonchev–Trinajstić information content (AvgIpc) is 2.22. The maximum Gasteiger partial charge on any atom is 0.333 e. The predicted molar refractivity (Wildman–Crippen MR) is 54.3 cm³/mol. The molecule has 0 aromatic rings. The van der Waals surface area contributed by atoms with Gasteiger partial charge < -0.3 is 19.7 Å². The minimum absolute atomic E-state index is 0.0882. The van der Waals surface area contributed by atoms with Crippen LogP contribution in [-0.4, -0.2) is 48.7 Å². The van der Waals surface area contributed by atoms with E-state index < -0.39 is 12.1 Å². The number of aliphatic hydroxyl groups excluding tert-OH is 2. The number of carbonyl (C=O) groups is 1. The van der Waals surface area contributed by atoms with E-state index in [4.69, 9.17) is 19.7 Å². The zero-order valence-corrected chi connectivity index (χ0v) is 8.94. The molecule has 15 heavy (non-hydrogen) atoms. The van der Waals surface area contributed by atoms with Crippen LogP contribution in [0, 0.1) is 0 Å². The fraction of sp³-hybridized carbons (Fsp3) is 0.700. The quantitative estimate of drug-likeness (QED) is 0.337. The summed E-state index contributed by atoms with van der Waals surface area (Å²) in [5.74, 6) is -0.412. The Balaban J connectivity index is 3.25. The van der Waals surface area contributed by atoms with Crippen molar-refractivity contribution in [2.24, 2.45) is 0 Å². The smallest absolute Gasteiger partial charge is 0.333 e. The molecule has 0 saturated heterocycles. The lowest BCUT2D eigenvalue weighted by molar-refractivity contribution is -0.139. The van der Waals surface area contributed by atoms with Crippen LogP contribution in [-0.2, 0) is 14.3 Å². The van der Waals surface area contributed by atoms with E-state index in [0.29, 0.717) is 18.6 Å². The number of carbonyl (C=O) groups excluding carboxylic acids is 1. The summed E-state index contributed by atoms with van der Waals surface area (Å²) >= 11 is 0. The fourth-order valence-electron chi connectivity index (χ4n) is 0.721. The first-order chi connectivity index (χ1) is 7.07. The van der Waals surface area contributed by atoms with Crippen molar-refractivity contribution in [1.82, 2.24) is 0 Å². The van der Waals surface area contributed by atoms with Gasteiger partial charge in [-0.15, -0.1) is 0 Å². The molecule has 5 heteroatoms. The Hall–Kier alpha value is -0.910. The first kappa shape index (κ1) is 14.1. The van der Waals surface area contributed by atoms with E-state index in [9.17, 15) is 4.79 Å². The van der Waals surface area contributed by atoms with E-state index in [1.54, 1.807) is 6.92 Å². The monoisotopic (exact) mass is 218 g/mol. The third-order valence-electron chi connectivity index (χ3n) is 1.54. The first-order valence-corrected chi connectivity index (χ1v) is 4.77. The zero-order valence-electron chi connectivity index (χ0n) is 8.94. The van der Waals surface area contributed by atoms with Gasteiger partial charge in [0.1, 0.15) is 6.10 Å². The topological polar surface area (TPSA) is 76.0 Å². The zero-order chi connectivity index (χ0) is 11.7. The molecule has 1 unspecified atom stereocenters. The molecule has 0 bridgehead atoms. The summed E-state index contributed by atoms with van der Waals surface area (Å²) in [5, 5.41) is 17.4. The van der Waals surface area contributed by atoms with Crippen molar-refractivity contribution >= 4 is 5.97 Å². The van der Waals surface area contributed by atoms with Gasteiger partial charge in [0.25, 0.3) is 0 Å². The van der Waals surface area contributed by atoms with Crippen LogP contribution in [0.5, 0.6) is 0 Å². The average molecular weight is 218 g/mol. The molecule has 0 rings (SSSR count). The van der Waals surface area contributed by atoms with E-state index in [-0.39, 0.29) is 19.8 Å². The highest BCUT2D eigenvalue weighted by Gasteiger charge is 2.03. The summed E-state index contributed by atoms with van der Waals surface area (Å²) in [5.41, 5.74) is 0.367. The molecule has 88 valence electrons. The van der Waals surface area contributed by atoms with Crippen LogP contribution in [0.3, 0.4) is 0 Å². The Labute approximate surface area is 89.3 Å². The van der Waals surface area contributed by atoms with E-state index in [2.05, 4.69) is 6.58 Å². The molecule has 0 heterocycles. The lowest BCUT2D eigenvalue weighted by Gasteiger charge is -2.08. The molecule has 0 aromatic heterocycles. The van der Waals surface area contributed by atoms with E-state index in [0.717, 1.165) is 0 Å². The van der Waals surface area contributed by atoms with Crippen molar-refractivity contribution < 1.29 is 24.5 Å². The molecule has 0 aliphatic rings. The van der Waals surface area contributed by atoms with Gasteiger partial charge in [-0.05, 0) is 6.92 Å². The SMILES string of the molecule is C=C(C)C(=O)OCCCOCC(O)CO. The molecule has 2 N–H and O–H groups in total. The molecule has 5 nitrogen and oxygen atoms in total. The molecule has 0 fully saturated rings. The van der Waals surface area contributed by atoms with E-state index in [1.807, 2.05) is 0 Å². The number of hydrogen-bond acceptors (Lipinski definition) is 5. The molecule has 0 aliphatic heterocycles. The summed E-state index contributed by atoms with van der Waals surface area (Å²) in [6.45, 7) is 5.43. The van der Waals surface area contributed by atoms with Crippen LogP contribution in [0.1, 0.15) is 13.3 Å². The Morgan fingerprint density at radius 3 is 2.67 bits per heavy atom. The Morgan fingerprint density at radius 1 is 1.47 bits per heavy atom. The normalized spacial score (nSPS) is 12.2. The molecule has 0 radical (unpaired) electrons. The van der Waals surface area contributed by atoms with Crippen LogP contribution < -0.4 is 0 Å². The molecule has 1 atom stereocenters. The highest BCUT2D eigenvalue weighted by molar-refractivity contribution is 5.86. The maximum atomic E-state index is 10.9. The fourth-order valence-corrected chi connectivity index (χ4v) is 0.721. The Kier molecular flexibility index (Phi) is 7.89. The van der Waals surface area contributed by atoms with Crippen molar-refractivity contribution in [2.45, 2.75) is 19.4 Å². The molecule has 0 aliphatic carbocycles. The van der Waals surface area contributed by atoms with Gasteiger partial charge in [-0.2, -0.15) is 0 Å². The van der Waals surface area contributed by atoms with Crippen molar-refractivity contribution in [2.75, 3.05) is 26.4 Å². The van der Waals surface area contributed by atoms with Gasteiger partial charge in [0, 0.05) is 18.6 Å². The number of hydrogen-bond donors (Lipinski definition) is 2. The third-order valence-corrected chi connectivity index (χ3v) is 1.54. The van der Waals surface area contributed by atoms with E-state index in [1.165, 1.54) is 0 Å². The van der Waals surface area contributed by atoms with Crippen LogP contribution in [0.2, 0.25) is 0 Å². The van der Waals surface area contributed by atoms with Gasteiger partial charge in [0.15, 0.2) is 0 Å². The van der Waals surface area contributed by atoms with Gasteiger partial charge in [-0.3, -0.25) is 0 Å². The molecular formula is C10H18O5. The van der Waals surface area contributed by atoms with Crippen LogP contribution in [0.15, 0.2) is 12.2 Å². The number of esters is 1. The summed E-state index contributed by atoms with van der Waals surface area (Å²) in [7, 11) is 0. The number of ether oxygens (including phenoxy) is 2. The Morgan fingerprint density at radius 2 is 2.13 bits per heavy atom. The van der Waals surface area contributed by atoms with E-state index >= 15 is 0 Å². The van der Waals surface area contributed by atoms with Crippen molar-refractivity contribution in [3.8, 4) is 0 Å². The first-order valence-electron chi connectivity index (χ1n) is 4.77. The highest BCUT2D eigenvalue weighted by atomic mass is 16.5. The van der Waals surface area contributed by atoms with Crippen LogP contribution >= 0.6 is 0 Å². The second-order valence-corrected chi connectivity index (χ2v) is 3.18. The highest BCUT2D eigenvalue weighted by Crippen LogP contribution is 1.94. The second-order valence-electron chi connectivity index (χ2n) is 3.18. The largest absolute Gasteiger partial charge is 0.462 e. The van der Waals surface area contributed by atoms with Gasteiger partial charge in [0.05, 0.1) is 19.8 Å². The van der Waals surface area contributed by atoms with Gasteiger partial charge in [0.2, 0.25) is 0 Å². The van der Waals surface area contributed by atoms with Crippen LogP contribution in [0.25, 0.3) is 0 Å². The van der Waals surface area contributed by atoms with Crippen LogP contribution in [0.4, 0.5) is 0 Å². The lowest BCUT2D eigenvalue weighted by atomic mass is 10.4. The summed E-state index contributed by atoms with van der Waals surface area (Å²) < 4.78 is 9.81. The van der Waals surface area contributed by atoms with Gasteiger partial charge >= 0.3 is 5.97 Å². The van der Waals surface area contributed by atoms with Crippen molar-refractivity contribution in [1.29, 1.82) is 0 Å². The number of rotatable bonds is 8. The van der Waals surface area contributed by atoms with Gasteiger partial charge in [-0.1, -0.05) is 6.58 Å². The summed E-state index contributed by atoms with van der Waals surface area (Å²) in [4.78, 5) is 10.9. The van der Waals surface area contributed by atoms with Crippen molar-refractivity contribution in [3.05, 3.63) is 12.2 Å². The lowest BCUT2D eigenvalue weighted by Crippen LogP contribution is -2.20. The maximum absolute atomic E-state index is 10.9. The third kappa shape index (κ3) is 8.11. The minimum atomic E-state index is -0.844. The molecule has 0 aromatic carbocycles. The molecule has 0 amide bonds. The number of aliphatic hydroxyl groups is 2. The molecular weight excluding hydrogens is 200 g/mol. The summed E-state index contributed by atoms with van der Waals surface area (Å²) in [6.07, 6.45) is -0.292. The predicted octanol–water partition coefficient (Wildman–Crippen LogP) is -0.134.